The Labute approximate surface area is 112 Å². The van der Waals surface area contributed by atoms with E-state index in [1.165, 1.54) is 0 Å². The molecule has 0 spiro atoms. The van der Waals surface area contributed by atoms with Gasteiger partial charge in [0.25, 0.3) is 0 Å². The fourth-order valence-electron chi connectivity index (χ4n) is 1.89. The van der Waals surface area contributed by atoms with Crippen LogP contribution < -0.4 is 5.73 Å². The van der Waals surface area contributed by atoms with E-state index in [9.17, 15) is 5.11 Å². The van der Waals surface area contributed by atoms with E-state index in [1.807, 2.05) is 42.5 Å². The molecule has 0 heterocycles. The number of rotatable bonds is 4. The van der Waals surface area contributed by atoms with Gasteiger partial charge >= 0.3 is 0 Å². The van der Waals surface area contributed by atoms with Crippen LogP contribution in [0.5, 0.6) is 0 Å². The molecule has 0 unspecified atom stereocenters. The molecule has 0 fully saturated rings. The number of benzene rings is 2. The quantitative estimate of drug-likeness (QED) is 0.889. The average Bonchev–Trinajstić information content (AvgIpc) is 2.40. The largest absolute Gasteiger partial charge is 0.391 e. The molecular weight excluding hydrogens is 246 g/mol. The van der Waals surface area contributed by atoms with Crippen LogP contribution in [0, 0.1) is 0 Å². The first-order chi connectivity index (χ1) is 8.66. The van der Waals surface area contributed by atoms with Gasteiger partial charge in [-0.05, 0) is 23.3 Å². The number of nitrogens with two attached hydrogens (primary N) is 1. The zero-order chi connectivity index (χ0) is 13.0. The van der Waals surface area contributed by atoms with Gasteiger partial charge in [0.15, 0.2) is 0 Å². The highest BCUT2D eigenvalue weighted by Crippen LogP contribution is 2.19. The zero-order valence-corrected chi connectivity index (χ0v) is 10.7. The SMILES string of the molecule is N[C@H](c1ccc(Cl)cc1)[C@@H](O)Cc1ccccc1. The second kappa shape index (κ2) is 6.01. The van der Waals surface area contributed by atoms with Crippen LogP contribution in [0.4, 0.5) is 0 Å². The van der Waals surface area contributed by atoms with Gasteiger partial charge in [-0.2, -0.15) is 0 Å². The molecule has 3 heteroatoms. The zero-order valence-electron chi connectivity index (χ0n) is 9.96. The summed E-state index contributed by atoms with van der Waals surface area (Å²) in [7, 11) is 0. The van der Waals surface area contributed by atoms with Crippen LogP contribution in [-0.2, 0) is 6.42 Å². The Hall–Kier alpha value is -1.35. The molecule has 2 aromatic rings. The minimum atomic E-state index is -0.603. The van der Waals surface area contributed by atoms with E-state index in [2.05, 4.69) is 0 Å². The molecule has 0 saturated heterocycles. The summed E-state index contributed by atoms with van der Waals surface area (Å²) in [6.45, 7) is 0. The van der Waals surface area contributed by atoms with Crippen LogP contribution in [0.3, 0.4) is 0 Å². The fraction of sp³-hybridized carbons (Fsp3) is 0.200. The van der Waals surface area contributed by atoms with E-state index in [1.54, 1.807) is 12.1 Å². The van der Waals surface area contributed by atoms with Gasteiger partial charge in [0, 0.05) is 11.4 Å². The summed E-state index contributed by atoms with van der Waals surface area (Å²) < 4.78 is 0. The molecule has 2 aromatic carbocycles. The topological polar surface area (TPSA) is 46.2 Å². The molecule has 2 atom stereocenters. The predicted molar refractivity (Wildman–Crippen MR) is 74.5 cm³/mol. The van der Waals surface area contributed by atoms with Crippen LogP contribution in [0.2, 0.25) is 5.02 Å². The van der Waals surface area contributed by atoms with Crippen molar-refractivity contribution in [2.24, 2.45) is 5.73 Å². The molecule has 94 valence electrons. The van der Waals surface area contributed by atoms with Gasteiger partial charge in [0.2, 0.25) is 0 Å². The van der Waals surface area contributed by atoms with Crippen molar-refractivity contribution < 1.29 is 5.11 Å². The second-order valence-electron chi connectivity index (χ2n) is 4.33. The van der Waals surface area contributed by atoms with Gasteiger partial charge in [0.1, 0.15) is 0 Å². The van der Waals surface area contributed by atoms with Crippen LogP contribution in [0.15, 0.2) is 54.6 Å². The lowest BCUT2D eigenvalue weighted by Crippen LogP contribution is -2.28. The van der Waals surface area contributed by atoms with Crippen LogP contribution >= 0.6 is 11.6 Å². The maximum absolute atomic E-state index is 10.1. The minimum absolute atomic E-state index is 0.400. The van der Waals surface area contributed by atoms with E-state index < -0.39 is 12.1 Å². The monoisotopic (exact) mass is 261 g/mol. The summed E-state index contributed by atoms with van der Waals surface area (Å²) in [5.74, 6) is 0. The molecule has 0 aliphatic rings. The Morgan fingerprint density at radius 2 is 1.61 bits per heavy atom. The summed E-state index contributed by atoms with van der Waals surface area (Å²) in [5.41, 5.74) is 8.01. The Balaban J connectivity index is 2.05. The fourth-order valence-corrected chi connectivity index (χ4v) is 2.02. The first-order valence-electron chi connectivity index (χ1n) is 5.90. The molecule has 0 aliphatic carbocycles. The van der Waals surface area contributed by atoms with E-state index in [4.69, 9.17) is 17.3 Å². The second-order valence-corrected chi connectivity index (χ2v) is 4.77. The molecule has 18 heavy (non-hydrogen) atoms. The van der Waals surface area contributed by atoms with Crippen molar-refractivity contribution in [3.8, 4) is 0 Å². The van der Waals surface area contributed by atoms with Crippen LogP contribution in [0.1, 0.15) is 17.2 Å². The molecule has 0 aliphatic heterocycles. The molecule has 0 bridgehead atoms. The van der Waals surface area contributed by atoms with Crippen LogP contribution in [-0.4, -0.2) is 11.2 Å². The number of hydrogen-bond donors (Lipinski definition) is 2. The van der Waals surface area contributed by atoms with Crippen LogP contribution in [0.25, 0.3) is 0 Å². The van der Waals surface area contributed by atoms with Crippen molar-refractivity contribution in [1.82, 2.24) is 0 Å². The summed E-state index contributed by atoms with van der Waals surface area (Å²) in [6.07, 6.45) is -0.0569. The molecule has 0 saturated carbocycles. The van der Waals surface area contributed by atoms with Crippen molar-refractivity contribution in [2.45, 2.75) is 18.6 Å². The molecule has 0 amide bonds. The smallest absolute Gasteiger partial charge is 0.0773 e. The third-order valence-electron chi connectivity index (χ3n) is 2.96. The molecular formula is C15H16ClNO. The Bertz CT molecular complexity index is 484. The van der Waals surface area contributed by atoms with E-state index in [-0.39, 0.29) is 0 Å². The molecule has 3 N–H and O–H groups in total. The van der Waals surface area contributed by atoms with E-state index in [0.29, 0.717) is 11.4 Å². The lowest BCUT2D eigenvalue weighted by molar-refractivity contribution is 0.145. The Morgan fingerprint density at radius 3 is 2.22 bits per heavy atom. The maximum Gasteiger partial charge on any atom is 0.0773 e. The number of hydrogen-bond acceptors (Lipinski definition) is 2. The molecule has 2 nitrogen and oxygen atoms in total. The van der Waals surface area contributed by atoms with Gasteiger partial charge < -0.3 is 10.8 Å². The standard InChI is InChI=1S/C15H16ClNO/c16-13-8-6-12(7-9-13)15(17)14(18)10-11-4-2-1-3-5-11/h1-9,14-15,18H,10,17H2/t14-,15+/m0/s1. The van der Waals surface area contributed by atoms with Gasteiger partial charge in [-0.1, -0.05) is 54.1 Å². The van der Waals surface area contributed by atoms with Gasteiger partial charge in [-0.3, -0.25) is 0 Å². The van der Waals surface area contributed by atoms with Gasteiger partial charge in [-0.15, -0.1) is 0 Å². The van der Waals surface area contributed by atoms with Crippen molar-refractivity contribution in [1.29, 1.82) is 0 Å². The number of halogens is 1. The Morgan fingerprint density at radius 1 is 1.00 bits per heavy atom. The predicted octanol–water partition coefficient (Wildman–Crippen LogP) is 2.94. The van der Waals surface area contributed by atoms with Crippen molar-refractivity contribution in [3.05, 3.63) is 70.7 Å². The van der Waals surface area contributed by atoms with Gasteiger partial charge in [0.05, 0.1) is 12.1 Å². The van der Waals surface area contributed by atoms with Gasteiger partial charge in [-0.25, -0.2) is 0 Å². The lowest BCUT2D eigenvalue weighted by Gasteiger charge is -2.19. The number of aliphatic hydroxyl groups is 1. The highest BCUT2D eigenvalue weighted by Gasteiger charge is 2.16. The van der Waals surface area contributed by atoms with E-state index in [0.717, 1.165) is 11.1 Å². The third-order valence-corrected chi connectivity index (χ3v) is 3.21. The van der Waals surface area contributed by atoms with Crippen molar-refractivity contribution in [2.75, 3.05) is 0 Å². The highest BCUT2D eigenvalue weighted by molar-refractivity contribution is 6.30. The molecule has 2 rings (SSSR count). The third kappa shape index (κ3) is 3.33. The van der Waals surface area contributed by atoms with Crippen molar-refractivity contribution >= 4 is 11.6 Å². The van der Waals surface area contributed by atoms with E-state index >= 15 is 0 Å². The average molecular weight is 262 g/mol. The summed E-state index contributed by atoms with van der Waals surface area (Å²) in [4.78, 5) is 0. The summed E-state index contributed by atoms with van der Waals surface area (Å²) in [5, 5.41) is 10.8. The first kappa shape index (κ1) is 13.1. The lowest BCUT2D eigenvalue weighted by atomic mass is 9.97. The van der Waals surface area contributed by atoms with Crippen molar-refractivity contribution in [3.63, 3.8) is 0 Å². The first-order valence-corrected chi connectivity index (χ1v) is 6.27. The number of aliphatic hydroxyl groups excluding tert-OH is 1. The summed E-state index contributed by atoms with van der Waals surface area (Å²) in [6, 6.07) is 16.7. The maximum atomic E-state index is 10.1. The molecule has 0 radical (unpaired) electrons. The Kier molecular flexibility index (Phi) is 4.37. The minimum Gasteiger partial charge on any atom is -0.391 e. The normalized spacial score (nSPS) is 14.2. The highest BCUT2D eigenvalue weighted by atomic mass is 35.5. The molecule has 0 aromatic heterocycles. The summed E-state index contributed by atoms with van der Waals surface area (Å²) >= 11 is 5.82.